The Kier molecular flexibility index (Phi) is 4.31. The third-order valence-electron chi connectivity index (χ3n) is 5.08. The molecule has 7 nitrogen and oxygen atoms in total. The van der Waals surface area contributed by atoms with E-state index >= 15 is 0 Å². The van der Waals surface area contributed by atoms with Crippen LogP contribution in [0.25, 0.3) is 21.6 Å². The number of hydrogen-bond donors (Lipinski definition) is 0. The van der Waals surface area contributed by atoms with E-state index in [4.69, 9.17) is 26.1 Å². The molecule has 0 aromatic carbocycles. The lowest BCUT2D eigenvalue weighted by Gasteiger charge is -2.34. The van der Waals surface area contributed by atoms with Crippen LogP contribution in [0.15, 0.2) is 12.1 Å². The van der Waals surface area contributed by atoms with Crippen LogP contribution >= 0.6 is 23.1 Å². The van der Waals surface area contributed by atoms with Crippen LogP contribution in [0.2, 0.25) is 5.02 Å². The number of aromatic nitrogens is 4. The molecule has 5 heterocycles. The van der Waals surface area contributed by atoms with Gasteiger partial charge in [0.1, 0.15) is 17.0 Å². The van der Waals surface area contributed by atoms with Gasteiger partial charge < -0.3 is 14.4 Å². The number of nitrogens with zero attached hydrogens (tertiary/aromatic N) is 5. The second-order valence-electron chi connectivity index (χ2n) is 7.02. The lowest BCUT2D eigenvalue weighted by atomic mass is 10.2. The van der Waals surface area contributed by atoms with Crippen molar-refractivity contribution in [3.8, 4) is 11.4 Å². The van der Waals surface area contributed by atoms with Crippen molar-refractivity contribution in [3.63, 3.8) is 0 Å². The largest absolute Gasteiger partial charge is 0.377 e. The van der Waals surface area contributed by atoms with Gasteiger partial charge in [-0.3, -0.25) is 0 Å². The van der Waals surface area contributed by atoms with Gasteiger partial charge in [-0.2, -0.15) is 9.47 Å². The van der Waals surface area contributed by atoms with Crippen molar-refractivity contribution in [1.29, 1.82) is 0 Å². The van der Waals surface area contributed by atoms with Gasteiger partial charge in [-0.25, -0.2) is 9.67 Å². The fourth-order valence-corrected chi connectivity index (χ4v) is 4.61. The highest BCUT2D eigenvalue weighted by Gasteiger charge is 2.28. The minimum absolute atomic E-state index is 0.0247. The van der Waals surface area contributed by atoms with Crippen molar-refractivity contribution in [2.45, 2.75) is 32.5 Å². The second kappa shape index (κ2) is 6.70. The van der Waals surface area contributed by atoms with Crippen LogP contribution in [0.4, 0.5) is 5.82 Å². The summed E-state index contributed by atoms with van der Waals surface area (Å²) < 4.78 is 18.7. The summed E-state index contributed by atoms with van der Waals surface area (Å²) >= 11 is 7.98. The molecule has 9 heteroatoms. The average molecular weight is 406 g/mol. The van der Waals surface area contributed by atoms with Crippen molar-refractivity contribution in [1.82, 2.24) is 19.1 Å². The molecule has 0 aliphatic carbocycles. The first-order valence-corrected chi connectivity index (χ1v) is 10.3. The summed E-state index contributed by atoms with van der Waals surface area (Å²) in [5.41, 5.74) is 3.50. The van der Waals surface area contributed by atoms with Gasteiger partial charge in [0.15, 0.2) is 6.23 Å². The van der Waals surface area contributed by atoms with Gasteiger partial charge in [0.05, 0.1) is 47.0 Å². The lowest BCUT2D eigenvalue weighted by molar-refractivity contribution is -0.105. The first kappa shape index (κ1) is 17.4. The van der Waals surface area contributed by atoms with Crippen LogP contribution < -0.4 is 4.90 Å². The number of ether oxygens (including phenoxy) is 2. The Morgan fingerprint density at radius 2 is 2.15 bits per heavy atom. The number of morpholine rings is 1. The monoisotopic (exact) mass is 405 g/mol. The van der Waals surface area contributed by atoms with Crippen LogP contribution in [-0.2, 0) is 9.47 Å². The molecule has 3 aromatic rings. The quantitative estimate of drug-likeness (QED) is 0.662. The van der Waals surface area contributed by atoms with E-state index in [2.05, 4.69) is 21.3 Å². The van der Waals surface area contributed by atoms with Gasteiger partial charge in [0.25, 0.3) is 0 Å². The predicted octanol–water partition coefficient (Wildman–Crippen LogP) is 3.66. The van der Waals surface area contributed by atoms with Gasteiger partial charge in [0, 0.05) is 19.0 Å². The maximum Gasteiger partial charge on any atom is 0.153 e. The van der Waals surface area contributed by atoms with Crippen LogP contribution in [-0.4, -0.2) is 51.5 Å². The Morgan fingerprint density at radius 3 is 2.89 bits per heavy atom. The minimum atomic E-state index is -0.0247. The van der Waals surface area contributed by atoms with Crippen LogP contribution in [0, 0.1) is 6.92 Å². The first-order chi connectivity index (χ1) is 13.1. The molecule has 5 rings (SSSR count). The molecule has 2 atom stereocenters. The third kappa shape index (κ3) is 2.91. The molecule has 2 saturated heterocycles. The molecule has 3 aromatic heterocycles. The van der Waals surface area contributed by atoms with E-state index in [9.17, 15) is 0 Å². The summed E-state index contributed by atoms with van der Waals surface area (Å²) in [7, 11) is 0. The van der Waals surface area contributed by atoms with E-state index in [1.807, 2.05) is 23.7 Å². The number of fused-ring (bicyclic) bond motifs is 1. The Balaban J connectivity index is 1.64. The normalized spacial score (nSPS) is 23.0. The molecule has 0 bridgehead atoms. The zero-order chi connectivity index (χ0) is 18.5. The average Bonchev–Trinajstić information content (AvgIpc) is 3.17. The van der Waals surface area contributed by atoms with Crippen LogP contribution in [0.5, 0.6) is 0 Å². The van der Waals surface area contributed by atoms with Crippen molar-refractivity contribution in [2.75, 3.05) is 31.3 Å². The molecule has 27 heavy (non-hydrogen) atoms. The van der Waals surface area contributed by atoms with E-state index in [1.54, 1.807) is 0 Å². The zero-order valence-corrected chi connectivity index (χ0v) is 16.8. The summed E-state index contributed by atoms with van der Waals surface area (Å²) in [6.07, 6.45) is 0.935. The smallest absolute Gasteiger partial charge is 0.153 e. The van der Waals surface area contributed by atoms with E-state index < -0.39 is 0 Å². The van der Waals surface area contributed by atoms with Crippen LogP contribution in [0.1, 0.15) is 25.3 Å². The SMILES string of the molecule is Cc1cc(-c2nsc3c(Cl)cc(N4CCOC[C@H]4C)nc23)n(C2CCO2)n1. The molecule has 142 valence electrons. The molecule has 2 aliphatic rings. The molecule has 2 fully saturated rings. The van der Waals surface area contributed by atoms with Gasteiger partial charge in [-0.15, -0.1) is 0 Å². The number of rotatable bonds is 3. The van der Waals surface area contributed by atoms with Crippen LogP contribution in [0.3, 0.4) is 0 Å². The summed E-state index contributed by atoms with van der Waals surface area (Å²) in [6.45, 7) is 7.07. The number of anilines is 1. The topological polar surface area (TPSA) is 65.3 Å². The molecule has 0 radical (unpaired) electrons. The fraction of sp³-hybridized carbons (Fsp3) is 0.500. The predicted molar refractivity (Wildman–Crippen MR) is 106 cm³/mol. The molecule has 2 aliphatic heterocycles. The molecule has 0 N–H and O–H groups in total. The Hall–Kier alpha value is -1.74. The van der Waals surface area contributed by atoms with E-state index in [0.29, 0.717) is 18.2 Å². The molecular weight excluding hydrogens is 386 g/mol. The Morgan fingerprint density at radius 1 is 1.30 bits per heavy atom. The van der Waals surface area contributed by atoms with Gasteiger partial charge in [-0.05, 0) is 31.4 Å². The maximum atomic E-state index is 6.60. The van der Waals surface area contributed by atoms with Crippen molar-refractivity contribution in [3.05, 3.63) is 22.8 Å². The lowest BCUT2D eigenvalue weighted by Crippen LogP contribution is -2.44. The number of pyridine rings is 1. The Bertz CT molecular complexity index is 999. The van der Waals surface area contributed by atoms with Crippen molar-refractivity contribution >= 4 is 39.2 Å². The molecule has 0 saturated carbocycles. The fourth-order valence-electron chi connectivity index (χ4n) is 3.58. The van der Waals surface area contributed by atoms with E-state index in [1.165, 1.54) is 11.5 Å². The number of aryl methyl sites for hydroxylation is 1. The summed E-state index contributed by atoms with van der Waals surface area (Å²) in [5.74, 6) is 0.868. The summed E-state index contributed by atoms with van der Waals surface area (Å²) in [5, 5.41) is 5.29. The summed E-state index contributed by atoms with van der Waals surface area (Å²) in [4.78, 5) is 7.20. The molecular formula is C18H20ClN5O2S. The van der Waals surface area contributed by atoms with Crippen molar-refractivity contribution in [2.24, 2.45) is 0 Å². The first-order valence-electron chi connectivity index (χ1n) is 9.10. The standard InChI is InChI=1S/C18H20ClN5O2S/c1-10-7-13(24(21-10)15-3-5-26-15)16-17-18(27-22-16)12(19)8-14(20-17)23-4-6-25-9-11(23)2/h7-8,11,15H,3-6,9H2,1-2H3/t11-,15?/m1/s1. The number of hydrogen-bond acceptors (Lipinski definition) is 7. The van der Waals surface area contributed by atoms with Crippen molar-refractivity contribution < 1.29 is 9.47 Å². The Labute approximate surface area is 166 Å². The highest BCUT2D eigenvalue weighted by atomic mass is 35.5. The van der Waals surface area contributed by atoms with E-state index in [0.717, 1.165) is 52.7 Å². The highest BCUT2D eigenvalue weighted by molar-refractivity contribution is 7.14. The minimum Gasteiger partial charge on any atom is -0.377 e. The summed E-state index contributed by atoms with van der Waals surface area (Å²) in [6, 6.07) is 4.23. The van der Waals surface area contributed by atoms with E-state index in [-0.39, 0.29) is 12.3 Å². The maximum absolute atomic E-state index is 6.60. The molecule has 0 amide bonds. The van der Waals surface area contributed by atoms with Gasteiger partial charge in [0.2, 0.25) is 0 Å². The zero-order valence-electron chi connectivity index (χ0n) is 15.2. The molecule has 0 spiro atoms. The van der Waals surface area contributed by atoms with Gasteiger partial charge >= 0.3 is 0 Å². The highest BCUT2D eigenvalue weighted by Crippen LogP contribution is 2.38. The molecule has 1 unspecified atom stereocenters. The number of halogens is 1. The second-order valence-corrected chi connectivity index (χ2v) is 8.20. The van der Waals surface area contributed by atoms with Gasteiger partial charge in [-0.1, -0.05) is 11.6 Å². The third-order valence-corrected chi connectivity index (χ3v) is 6.36.